The lowest BCUT2D eigenvalue weighted by atomic mass is 9.96. The molecule has 4 aromatic rings. The first-order valence-corrected chi connectivity index (χ1v) is 15.9. The molecule has 2 aromatic heterocycles. The number of rotatable bonds is 7. The largest absolute Gasteiger partial charge is 0.490 e. The monoisotopic (exact) mass is 593 g/mol. The van der Waals surface area contributed by atoms with Gasteiger partial charge in [-0.2, -0.15) is 0 Å². The van der Waals surface area contributed by atoms with Crippen LogP contribution in [-0.4, -0.2) is 47.1 Å². The standard InChI is InChI=1S/C35H39N5O2S/c1-24-23-31(25(2)39(24)27-12-10-26(11-13-27)38-19-21-41-22-20-38)34-33(32-9-5-6-18-36-32)37-35(43)40(34)28-14-16-30(17-15-28)42-29-7-3-4-8-29/h5-6,9-18,23,29,33-34H,3-4,7-8,19-22H2,1-2H3,(H,37,43)/t33-,34+/m1/s1. The molecule has 0 radical (unpaired) electrons. The van der Waals surface area contributed by atoms with E-state index in [0.29, 0.717) is 11.2 Å². The van der Waals surface area contributed by atoms with Crippen molar-refractivity contribution in [2.75, 3.05) is 36.1 Å². The summed E-state index contributed by atoms with van der Waals surface area (Å²) in [4.78, 5) is 9.39. The molecule has 0 bridgehead atoms. The van der Waals surface area contributed by atoms with E-state index in [4.69, 9.17) is 26.7 Å². The molecule has 43 heavy (non-hydrogen) atoms. The highest BCUT2D eigenvalue weighted by Gasteiger charge is 2.42. The molecule has 7 rings (SSSR count). The second kappa shape index (κ2) is 12.0. The van der Waals surface area contributed by atoms with Crippen molar-refractivity contribution in [1.29, 1.82) is 0 Å². The van der Waals surface area contributed by atoms with Crippen molar-refractivity contribution in [1.82, 2.24) is 14.9 Å². The van der Waals surface area contributed by atoms with Gasteiger partial charge in [-0.15, -0.1) is 0 Å². The minimum absolute atomic E-state index is 0.0726. The zero-order valence-corrected chi connectivity index (χ0v) is 25.7. The molecule has 1 N–H and O–H groups in total. The Balaban J connectivity index is 1.24. The maximum Gasteiger partial charge on any atom is 0.174 e. The van der Waals surface area contributed by atoms with Gasteiger partial charge in [0.2, 0.25) is 0 Å². The summed E-state index contributed by atoms with van der Waals surface area (Å²) in [5.41, 5.74) is 8.01. The van der Waals surface area contributed by atoms with Crippen LogP contribution in [-0.2, 0) is 4.74 Å². The van der Waals surface area contributed by atoms with Crippen LogP contribution in [0.25, 0.3) is 5.69 Å². The van der Waals surface area contributed by atoms with E-state index in [9.17, 15) is 0 Å². The normalized spacial score (nSPS) is 20.9. The number of benzene rings is 2. The lowest BCUT2D eigenvalue weighted by Gasteiger charge is -2.29. The van der Waals surface area contributed by atoms with Gasteiger partial charge in [0.05, 0.1) is 37.1 Å². The highest BCUT2D eigenvalue weighted by Crippen LogP contribution is 2.44. The molecule has 0 spiro atoms. The number of morpholine rings is 1. The van der Waals surface area contributed by atoms with Crippen LogP contribution >= 0.6 is 12.2 Å². The van der Waals surface area contributed by atoms with Crippen LogP contribution in [0.1, 0.15) is 60.4 Å². The third-order valence-corrected chi connectivity index (χ3v) is 9.41. The van der Waals surface area contributed by atoms with Crippen LogP contribution in [0.3, 0.4) is 0 Å². The number of thiocarbonyl (C=S) groups is 1. The molecule has 4 heterocycles. The molecule has 8 heteroatoms. The summed E-state index contributed by atoms with van der Waals surface area (Å²) in [5, 5.41) is 4.32. The highest BCUT2D eigenvalue weighted by atomic mass is 32.1. The molecule has 2 atom stereocenters. The molecular formula is C35H39N5O2S. The molecule has 1 saturated carbocycles. The quantitative estimate of drug-likeness (QED) is 0.236. The summed E-state index contributed by atoms with van der Waals surface area (Å²) in [6.07, 6.45) is 6.97. The molecule has 3 fully saturated rings. The average Bonchev–Trinajstić information content (AvgIpc) is 3.76. The number of aryl methyl sites for hydroxylation is 1. The summed E-state index contributed by atoms with van der Waals surface area (Å²) in [6, 6.07) is 25.6. The van der Waals surface area contributed by atoms with Crippen LogP contribution < -0.4 is 19.9 Å². The Morgan fingerprint density at radius 3 is 2.28 bits per heavy atom. The van der Waals surface area contributed by atoms with E-state index in [2.05, 4.69) is 94.2 Å². The number of nitrogens with zero attached hydrogens (tertiary/aromatic N) is 4. The molecule has 7 nitrogen and oxygen atoms in total. The number of pyridine rings is 1. The van der Waals surface area contributed by atoms with E-state index in [1.807, 2.05) is 18.3 Å². The number of hydrogen-bond donors (Lipinski definition) is 1. The smallest absolute Gasteiger partial charge is 0.174 e. The first-order chi connectivity index (χ1) is 21.1. The first-order valence-electron chi connectivity index (χ1n) is 15.5. The molecule has 0 unspecified atom stereocenters. The lowest BCUT2D eigenvalue weighted by Crippen LogP contribution is -2.36. The molecule has 2 aliphatic heterocycles. The van der Waals surface area contributed by atoms with Crippen LogP contribution in [0.4, 0.5) is 11.4 Å². The fraction of sp³-hybridized carbons (Fsp3) is 0.371. The van der Waals surface area contributed by atoms with E-state index in [-0.39, 0.29) is 12.1 Å². The van der Waals surface area contributed by atoms with Crippen molar-refractivity contribution in [2.24, 2.45) is 0 Å². The fourth-order valence-corrected chi connectivity index (χ4v) is 7.30. The van der Waals surface area contributed by atoms with Crippen molar-refractivity contribution in [3.05, 3.63) is 102 Å². The van der Waals surface area contributed by atoms with E-state index >= 15 is 0 Å². The molecule has 222 valence electrons. The summed E-state index contributed by atoms with van der Waals surface area (Å²) in [6.45, 7) is 7.81. The molecule has 3 aliphatic rings. The third-order valence-electron chi connectivity index (χ3n) is 9.09. The van der Waals surface area contributed by atoms with Gasteiger partial charge in [-0.1, -0.05) is 6.07 Å². The Morgan fingerprint density at radius 2 is 1.58 bits per heavy atom. The number of hydrogen-bond acceptors (Lipinski definition) is 5. The van der Waals surface area contributed by atoms with Gasteiger partial charge in [0.25, 0.3) is 0 Å². The molecule has 2 saturated heterocycles. The van der Waals surface area contributed by atoms with Gasteiger partial charge in [-0.25, -0.2) is 0 Å². The van der Waals surface area contributed by atoms with E-state index < -0.39 is 0 Å². The zero-order chi connectivity index (χ0) is 29.3. The zero-order valence-electron chi connectivity index (χ0n) is 24.9. The topological polar surface area (TPSA) is 54.8 Å². The fourth-order valence-electron chi connectivity index (χ4n) is 6.95. The van der Waals surface area contributed by atoms with E-state index in [1.54, 1.807) is 0 Å². The second-order valence-electron chi connectivity index (χ2n) is 11.8. The summed E-state index contributed by atoms with van der Waals surface area (Å²) >= 11 is 6.01. The molecule has 0 amide bonds. The number of anilines is 2. The van der Waals surface area contributed by atoms with Gasteiger partial charge in [-0.3, -0.25) is 4.98 Å². The van der Waals surface area contributed by atoms with E-state index in [0.717, 1.165) is 62.0 Å². The SMILES string of the molecule is Cc1cc([C@H]2[C@@H](c3ccccn3)NC(=S)N2c2ccc(OC3CCCC3)cc2)c(C)n1-c1ccc(N2CCOCC2)cc1. The van der Waals surface area contributed by atoms with Crippen LogP contribution in [0.2, 0.25) is 0 Å². The van der Waals surface area contributed by atoms with Gasteiger partial charge < -0.3 is 29.2 Å². The Labute approximate surface area is 259 Å². The Hall–Kier alpha value is -3.88. The van der Waals surface area contributed by atoms with Gasteiger partial charge >= 0.3 is 0 Å². The predicted octanol–water partition coefficient (Wildman–Crippen LogP) is 6.82. The van der Waals surface area contributed by atoms with Crippen molar-refractivity contribution < 1.29 is 9.47 Å². The maximum atomic E-state index is 6.27. The number of aromatic nitrogens is 2. The van der Waals surface area contributed by atoms with Crippen LogP contribution in [0.5, 0.6) is 5.75 Å². The number of ether oxygens (including phenoxy) is 2. The van der Waals surface area contributed by atoms with Crippen LogP contribution in [0, 0.1) is 13.8 Å². The second-order valence-corrected chi connectivity index (χ2v) is 12.2. The van der Waals surface area contributed by atoms with Crippen molar-refractivity contribution in [2.45, 2.75) is 57.7 Å². The van der Waals surface area contributed by atoms with Gasteiger partial charge in [0, 0.05) is 47.7 Å². The average molecular weight is 594 g/mol. The van der Waals surface area contributed by atoms with Crippen LogP contribution in [0.15, 0.2) is 79.0 Å². The maximum absolute atomic E-state index is 6.27. The molecular weight excluding hydrogens is 554 g/mol. The Kier molecular flexibility index (Phi) is 7.80. The van der Waals surface area contributed by atoms with E-state index in [1.165, 1.54) is 35.5 Å². The Bertz CT molecular complexity index is 1560. The summed E-state index contributed by atoms with van der Waals surface area (Å²) < 4.78 is 14.2. The Morgan fingerprint density at radius 1 is 0.884 bits per heavy atom. The molecule has 1 aliphatic carbocycles. The van der Waals surface area contributed by atoms with Crippen molar-refractivity contribution in [3.63, 3.8) is 0 Å². The number of nitrogens with one attached hydrogen (secondary N) is 1. The highest BCUT2D eigenvalue weighted by molar-refractivity contribution is 7.80. The predicted molar refractivity (Wildman–Crippen MR) is 176 cm³/mol. The van der Waals surface area contributed by atoms with Gasteiger partial charge in [-0.05, 0) is 124 Å². The lowest BCUT2D eigenvalue weighted by molar-refractivity contribution is 0.122. The minimum Gasteiger partial charge on any atom is -0.490 e. The van der Waals surface area contributed by atoms with Crippen molar-refractivity contribution in [3.8, 4) is 11.4 Å². The third kappa shape index (κ3) is 5.50. The van der Waals surface area contributed by atoms with Gasteiger partial charge in [0.1, 0.15) is 5.75 Å². The summed E-state index contributed by atoms with van der Waals surface area (Å²) in [7, 11) is 0. The molecule has 2 aromatic carbocycles. The van der Waals surface area contributed by atoms with Gasteiger partial charge in [0.15, 0.2) is 5.11 Å². The summed E-state index contributed by atoms with van der Waals surface area (Å²) in [5.74, 6) is 0.922. The first kappa shape index (κ1) is 27.9. The minimum atomic E-state index is -0.0965. The van der Waals surface area contributed by atoms with Crippen molar-refractivity contribution >= 4 is 28.7 Å².